The monoisotopic (exact) mass is 218 g/mol. The van der Waals surface area contributed by atoms with Crippen LogP contribution in [0.5, 0.6) is 0 Å². The number of rotatable bonds is 6. The smallest absolute Gasteiger partial charge is 0.0790 e. The molecule has 0 radical (unpaired) electrons. The number of aliphatic hydroxyl groups excluding tert-OH is 2. The van der Waals surface area contributed by atoms with E-state index < -0.39 is 0 Å². The van der Waals surface area contributed by atoms with Crippen LogP contribution in [0.1, 0.15) is 48.5 Å². The van der Waals surface area contributed by atoms with Crippen molar-refractivity contribution >= 4 is 12.2 Å². The van der Waals surface area contributed by atoms with Crippen molar-refractivity contribution in [1.82, 2.24) is 0 Å². The van der Waals surface area contributed by atoms with Gasteiger partial charge in [-0.15, -0.1) is 0 Å². The Bertz CT molecular complexity index is 382. The molecule has 0 fully saturated rings. The Kier molecular flexibility index (Phi) is 3.75. The Balaban J connectivity index is 1.84. The third-order valence-electron chi connectivity index (χ3n) is 3.07. The van der Waals surface area contributed by atoms with E-state index in [-0.39, 0.29) is 12.7 Å². The fourth-order valence-corrected chi connectivity index (χ4v) is 1.97. The molecule has 0 spiro atoms. The van der Waals surface area contributed by atoms with Crippen LogP contribution in [0.4, 0.5) is 0 Å². The van der Waals surface area contributed by atoms with Gasteiger partial charge >= 0.3 is 0 Å². The van der Waals surface area contributed by atoms with Crippen LogP contribution >= 0.6 is 0 Å². The second kappa shape index (κ2) is 5.28. The van der Waals surface area contributed by atoms with Crippen LogP contribution in [-0.4, -0.2) is 16.8 Å². The summed E-state index contributed by atoms with van der Waals surface area (Å²) in [6.07, 6.45) is 7.34. The van der Waals surface area contributed by atoms with E-state index in [1.54, 1.807) is 0 Å². The van der Waals surface area contributed by atoms with Gasteiger partial charge in [-0.1, -0.05) is 37.1 Å². The van der Waals surface area contributed by atoms with E-state index in [1.165, 1.54) is 11.1 Å². The van der Waals surface area contributed by atoms with Crippen molar-refractivity contribution in [2.75, 3.05) is 6.61 Å². The zero-order chi connectivity index (χ0) is 11.4. The quantitative estimate of drug-likeness (QED) is 0.732. The summed E-state index contributed by atoms with van der Waals surface area (Å²) in [4.78, 5) is 0. The second-order valence-corrected chi connectivity index (χ2v) is 4.31. The maximum atomic E-state index is 9.97. The third-order valence-corrected chi connectivity index (χ3v) is 3.07. The molecule has 0 saturated heterocycles. The fourth-order valence-electron chi connectivity index (χ4n) is 1.97. The molecule has 1 aromatic rings. The summed E-state index contributed by atoms with van der Waals surface area (Å²) in [7, 11) is 0. The SMILES string of the molecule is OCCCCCC(O)c1ccc2c(c1)C=C2. The van der Waals surface area contributed by atoms with E-state index in [0.29, 0.717) is 0 Å². The standard InChI is InChI=1S/C14H18O2/c15-9-3-1-2-4-14(16)13-8-6-11-5-7-12(11)10-13/h5-8,10,14-16H,1-4,9H2. The van der Waals surface area contributed by atoms with E-state index in [9.17, 15) is 5.11 Å². The van der Waals surface area contributed by atoms with E-state index in [2.05, 4.69) is 24.3 Å². The average Bonchev–Trinajstić information content (AvgIpc) is 2.26. The molecule has 1 atom stereocenters. The average molecular weight is 218 g/mol. The zero-order valence-electron chi connectivity index (χ0n) is 9.39. The van der Waals surface area contributed by atoms with Gasteiger partial charge in [0.1, 0.15) is 0 Å². The number of benzene rings is 1. The number of unbranched alkanes of at least 4 members (excludes halogenated alkanes) is 2. The number of aliphatic hydroxyl groups is 2. The highest BCUT2D eigenvalue weighted by atomic mass is 16.3. The summed E-state index contributed by atoms with van der Waals surface area (Å²) >= 11 is 0. The van der Waals surface area contributed by atoms with Gasteiger partial charge < -0.3 is 10.2 Å². The van der Waals surface area contributed by atoms with Crippen LogP contribution in [0.25, 0.3) is 12.2 Å². The van der Waals surface area contributed by atoms with Crippen molar-refractivity contribution in [2.45, 2.75) is 31.8 Å². The molecule has 0 aromatic heterocycles. The lowest BCUT2D eigenvalue weighted by molar-refractivity contribution is 0.162. The number of hydrogen-bond donors (Lipinski definition) is 2. The van der Waals surface area contributed by atoms with Gasteiger partial charge in [0.25, 0.3) is 0 Å². The summed E-state index contributed by atoms with van der Waals surface area (Å²) in [6.45, 7) is 0.250. The molecule has 0 saturated carbocycles. The first-order chi connectivity index (χ1) is 7.81. The summed E-state index contributed by atoms with van der Waals surface area (Å²) in [5.41, 5.74) is 3.50. The molecule has 2 heteroatoms. The predicted molar refractivity (Wildman–Crippen MR) is 65.9 cm³/mol. The molecule has 0 amide bonds. The van der Waals surface area contributed by atoms with Crippen molar-refractivity contribution in [1.29, 1.82) is 0 Å². The highest BCUT2D eigenvalue weighted by molar-refractivity contribution is 5.85. The molecule has 16 heavy (non-hydrogen) atoms. The summed E-state index contributed by atoms with van der Waals surface area (Å²) in [5.74, 6) is 0. The first-order valence-electron chi connectivity index (χ1n) is 5.92. The molecular weight excluding hydrogens is 200 g/mol. The molecule has 1 aliphatic carbocycles. The topological polar surface area (TPSA) is 40.5 Å². The van der Waals surface area contributed by atoms with Gasteiger partial charge in [-0.25, -0.2) is 0 Å². The first-order valence-corrected chi connectivity index (χ1v) is 5.92. The summed E-state index contributed by atoms with van der Waals surface area (Å²) in [5, 5.41) is 18.6. The lowest BCUT2D eigenvalue weighted by atomic mass is 9.93. The predicted octanol–water partition coefficient (Wildman–Crippen LogP) is 2.76. The van der Waals surface area contributed by atoms with Crippen LogP contribution in [0.2, 0.25) is 0 Å². The minimum Gasteiger partial charge on any atom is -0.396 e. The van der Waals surface area contributed by atoms with Gasteiger partial charge in [-0.05, 0) is 35.6 Å². The van der Waals surface area contributed by atoms with Gasteiger partial charge in [0.15, 0.2) is 0 Å². The minimum atomic E-state index is -0.363. The van der Waals surface area contributed by atoms with Gasteiger partial charge in [0, 0.05) is 6.61 Å². The zero-order valence-corrected chi connectivity index (χ0v) is 9.39. The molecule has 2 nitrogen and oxygen atoms in total. The molecular formula is C14H18O2. The normalized spacial score (nSPS) is 14.4. The molecule has 1 aromatic carbocycles. The van der Waals surface area contributed by atoms with Crippen molar-refractivity contribution < 1.29 is 10.2 Å². The lowest BCUT2D eigenvalue weighted by Gasteiger charge is -2.15. The Hall–Kier alpha value is -1.12. The molecule has 86 valence electrons. The fraction of sp³-hybridized carbons (Fsp3) is 0.429. The Morgan fingerprint density at radius 1 is 1.00 bits per heavy atom. The molecule has 1 aliphatic rings. The van der Waals surface area contributed by atoms with Crippen molar-refractivity contribution in [3.05, 3.63) is 34.9 Å². The molecule has 2 N–H and O–H groups in total. The molecule has 0 bridgehead atoms. The molecule has 2 rings (SSSR count). The summed E-state index contributed by atoms with van der Waals surface area (Å²) in [6, 6.07) is 6.12. The highest BCUT2D eigenvalue weighted by Crippen LogP contribution is 2.28. The minimum absolute atomic E-state index is 0.250. The van der Waals surface area contributed by atoms with Gasteiger partial charge in [-0.2, -0.15) is 0 Å². The van der Waals surface area contributed by atoms with E-state index in [0.717, 1.165) is 31.2 Å². The van der Waals surface area contributed by atoms with Gasteiger partial charge in [0.05, 0.1) is 6.10 Å². The maximum Gasteiger partial charge on any atom is 0.0790 e. The maximum absolute atomic E-state index is 9.97. The van der Waals surface area contributed by atoms with Gasteiger partial charge in [-0.3, -0.25) is 0 Å². The Morgan fingerprint density at radius 2 is 1.81 bits per heavy atom. The molecule has 0 heterocycles. The summed E-state index contributed by atoms with van der Waals surface area (Å²) < 4.78 is 0. The largest absolute Gasteiger partial charge is 0.396 e. The van der Waals surface area contributed by atoms with E-state index in [1.807, 2.05) is 6.07 Å². The highest BCUT2D eigenvalue weighted by Gasteiger charge is 2.11. The Labute approximate surface area is 96.2 Å². The Morgan fingerprint density at radius 3 is 2.44 bits per heavy atom. The van der Waals surface area contributed by atoms with Crippen LogP contribution in [0, 0.1) is 0 Å². The van der Waals surface area contributed by atoms with Gasteiger partial charge in [0.2, 0.25) is 0 Å². The van der Waals surface area contributed by atoms with E-state index >= 15 is 0 Å². The molecule has 1 unspecified atom stereocenters. The van der Waals surface area contributed by atoms with Crippen LogP contribution < -0.4 is 0 Å². The van der Waals surface area contributed by atoms with Crippen LogP contribution in [0.15, 0.2) is 18.2 Å². The van der Waals surface area contributed by atoms with Crippen molar-refractivity contribution in [2.24, 2.45) is 0 Å². The second-order valence-electron chi connectivity index (χ2n) is 4.31. The number of hydrogen-bond acceptors (Lipinski definition) is 2. The van der Waals surface area contributed by atoms with Crippen molar-refractivity contribution in [3.8, 4) is 0 Å². The third kappa shape index (κ3) is 2.52. The van der Waals surface area contributed by atoms with Crippen molar-refractivity contribution in [3.63, 3.8) is 0 Å². The van der Waals surface area contributed by atoms with E-state index in [4.69, 9.17) is 5.11 Å². The first kappa shape index (κ1) is 11.4. The molecule has 0 aliphatic heterocycles. The number of fused-ring (bicyclic) bond motifs is 1. The lowest BCUT2D eigenvalue weighted by Crippen LogP contribution is -2.00. The van der Waals surface area contributed by atoms with Crippen LogP contribution in [0.3, 0.4) is 0 Å². The van der Waals surface area contributed by atoms with Crippen LogP contribution in [-0.2, 0) is 0 Å².